The summed E-state index contributed by atoms with van der Waals surface area (Å²) in [5.41, 5.74) is 10.5. The van der Waals surface area contributed by atoms with Crippen LogP contribution in [0.3, 0.4) is 0 Å². The molecule has 12 heteroatoms. The van der Waals surface area contributed by atoms with Crippen molar-refractivity contribution in [2.45, 2.75) is 19.3 Å². The number of aromatic nitrogens is 1. The first-order valence-electron chi connectivity index (χ1n) is 13.0. The van der Waals surface area contributed by atoms with Crippen molar-refractivity contribution in [3.63, 3.8) is 0 Å². The van der Waals surface area contributed by atoms with E-state index >= 15 is 0 Å². The number of aliphatic carboxylic acids is 1. The number of likely N-dealkylation sites (N-methyl/N-ethyl adjacent to an activating group) is 1. The number of nitrogens with one attached hydrogen (secondary N) is 2. The van der Waals surface area contributed by atoms with E-state index in [9.17, 15) is 22.4 Å². The van der Waals surface area contributed by atoms with Gasteiger partial charge in [0.15, 0.2) is 0 Å². The number of carbonyl (C=O) groups is 2. The zero-order valence-electron chi connectivity index (χ0n) is 23.6. The molecule has 0 aliphatic carbocycles. The minimum absolute atomic E-state index is 0.0213. The number of fused-ring (bicyclic) bond motifs is 1. The van der Waals surface area contributed by atoms with Gasteiger partial charge in [0.25, 0.3) is 5.91 Å². The van der Waals surface area contributed by atoms with Gasteiger partial charge in [-0.3, -0.25) is 14.7 Å². The lowest BCUT2D eigenvalue weighted by Gasteiger charge is -2.27. The van der Waals surface area contributed by atoms with E-state index in [4.69, 9.17) is 21.0 Å². The second kappa shape index (κ2) is 13.3. The van der Waals surface area contributed by atoms with Crippen molar-refractivity contribution in [3.05, 3.63) is 114 Å². The van der Waals surface area contributed by atoms with E-state index in [2.05, 4.69) is 38.1 Å². The van der Waals surface area contributed by atoms with E-state index in [-0.39, 0.29) is 17.6 Å². The van der Waals surface area contributed by atoms with Gasteiger partial charge in [-0.05, 0) is 59.7 Å². The van der Waals surface area contributed by atoms with Gasteiger partial charge < -0.3 is 20.7 Å². The topological polar surface area (TPSA) is 121 Å². The highest BCUT2D eigenvalue weighted by Crippen LogP contribution is 2.24. The largest absolute Gasteiger partial charge is 0.490 e. The van der Waals surface area contributed by atoms with Gasteiger partial charge in [0, 0.05) is 29.6 Å². The third-order valence-electron chi connectivity index (χ3n) is 6.59. The summed E-state index contributed by atoms with van der Waals surface area (Å²) in [5.74, 6) is -3.39. The average molecular weight is 599 g/mol. The first-order chi connectivity index (χ1) is 20.1. The summed E-state index contributed by atoms with van der Waals surface area (Å²) in [4.78, 5) is 22.2. The molecule has 1 aromatic heterocycles. The normalized spacial score (nSPS) is 11.4. The maximum Gasteiger partial charge on any atom is 0.490 e. The molecule has 43 heavy (non-hydrogen) atoms. The number of nitrogen functional groups attached to an aromatic ring is 1. The molecular formula is C31H32F4N5O3+. The number of amides is 1. The summed E-state index contributed by atoms with van der Waals surface area (Å²) in [6.45, 7) is 5.39. The molecule has 1 heterocycles. The number of nitrogens with zero attached hydrogens (tertiary/aromatic N) is 2. The van der Waals surface area contributed by atoms with E-state index in [1.54, 1.807) is 18.2 Å². The third kappa shape index (κ3) is 8.52. The van der Waals surface area contributed by atoms with Crippen LogP contribution in [0.2, 0.25) is 0 Å². The molecular weight excluding hydrogens is 566 g/mol. The van der Waals surface area contributed by atoms with E-state index in [0.717, 1.165) is 28.9 Å². The minimum atomic E-state index is -5.08. The number of carbonyl (C=O) groups excluding carboxylic acids is 1. The molecule has 4 rings (SSSR count). The quantitative estimate of drug-likeness (QED) is 0.0675. The molecule has 0 spiro atoms. The smallest absolute Gasteiger partial charge is 0.475 e. The Bertz CT molecular complexity index is 1640. The molecule has 8 nitrogen and oxygen atoms in total. The van der Waals surface area contributed by atoms with Gasteiger partial charge in [-0.25, -0.2) is 9.18 Å². The predicted molar refractivity (Wildman–Crippen MR) is 158 cm³/mol. The molecule has 0 bridgehead atoms. The van der Waals surface area contributed by atoms with Crippen LogP contribution in [0.5, 0.6) is 0 Å². The third-order valence-corrected chi connectivity index (χ3v) is 6.59. The van der Waals surface area contributed by atoms with Crippen molar-refractivity contribution in [1.82, 2.24) is 14.4 Å². The Balaban J connectivity index is 0.000000646. The zero-order chi connectivity index (χ0) is 31.9. The summed E-state index contributed by atoms with van der Waals surface area (Å²) in [6.07, 6.45) is -3.19. The van der Waals surface area contributed by atoms with Gasteiger partial charge in [0.1, 0.15) is 29.6 Å². The summed E-state index contributed by atoms with van der Waals surface area (Å²) < 4.78 is 48.2. The summed E-state index contributed by atoms with van der Waals surface area (Å²) >= 11 is 0. The van der Waals surface area contributed by atoms with Crippen LogP contribution in [0.15, 0.2) is 85.5 Å². The second-order valence-electron chi connectivity index (χ2n) is 10.2. The van der Waals surface area contributed by atoms with Crippen molar-refractivity contribution in [2.75, 3.05) is 20.6 Å². The van der Waals surface area contributed by atoms with Gasteiger partial charge in [0.2, 0.25) is 0 Å². The van der Waals surface area contributed by atoms with E-state index < -0.39 is 12.1 Å². The molecule has 0 aliphatic rings. The number of rotatable bonds is 9. The van der Waals surface area contributed by atoms with Crippen LogP contribution in [0.25, 0.3) is 10.9 Å². The lowest BCUT2D eigenvalue weighted by atomic mass is 10.1. The number of carboxylic acids is 1. The summed E-state index contributed by atoms with van der Waals surface area (Å²) in [5, 5.41) is 18.5. The van der Waals surface area contributed by atoms with Gasteiger partial charge >= 0.3 is 12.1 Å². The van der Waals surface area contributed by atoms with Crippen LogP contribution in [-0.2, 0) is 17.9 Å². The van der Waals surface area contributed by atoms with Crippen LogP contribution in [0, 0.1) is 11.2 Å². The molecule has 1 amide bonds. The number of carboxylic acid groups (broad SMARTS) is 1. The van der Waals surface area contributed by atoms with Crippen LogP contribution in [0.4, 0.5) is 23.2 Å². The van der Waals surface area contributed by atoms with E-state index in [1.165, 1.54) is 12.1 Å². The number of quaternary nitrogens is 1. The number of benzene rings is 3. The molecule has 0 fully saturated rings. The van der Waals surface area contributed by atoms with Gasteiger partial charge in [-0.2, -0.15) is 13.2 Å². The second-order valence-corrected chi connectivity index (χ2v) is 10.2. The zero-order valence-corrected chi connectivity index (χ0v) is 23.6. The monoisotopic (exact) mass is 598 g/mol. The highest BCUT2D eigenvalue weighted by atomic mass is 19.4. The Morgan fingerprint density at radius 3 is 2.28 bits per heavy atom. The van der Waals surface area contributed by atoms with Crippen LogP contribution in [0.1, 0.15) is 27.2 Å². The number of nitrogens with two attached hydrogens (primary N) is 1. The van der Waals surface area contributed by atoms with Crippen molar-refractivity contribution >= 4 is 34.3 Å². The number of hydrogen-bond donors (Lipinski definition) is 4. The van der Waals surface area contributed by atoms with Crippen molar-refractivity contribution in [2.24, 2.45) is 5.73 Å². The van der Waals surface area contributed by atoms with Gasteiger partial charge in [-0.15, -0.1) is 0 Å². The molecule has 3 aromatic carbocycles. The fourth-order valence-electron chi connectivity index (χ4n) is 4.34. The molecule has 0 saturated heterocycles. The first-order valence-corrected chi connectivity index (χ1v) is 13.0. The number of alkyl halides is 3. The molecule has 0 atom stereocenters. The van der Waals surface area contributed by atoms with Crippen molar-refractivity contribution in [1.29, 1.82) is 5.41 Å². The number of hydrogen-bond acceptors (Lipinski definition) is 3. The lowest BCUT2D eigenvalue weighted by molar-refractivity contribution is -0.192. The molecule has 5 N–H and O–H groups in total. The van der Waals surface area contributed by atoms with Gasteiger partial charge in [0.05, 0.1) is 14.1 Å². The Morgan fingerprint density at radius 1 is 1.05 bits per heavy atom. The SMILES string of the molecule is C=CC[N+](C)(C)c1ccc(CNC(=O)c2cc3cc(F)ccc3n2Cc2cccc(C(=N)N)c2)cc1.O=C(O)C(F)(F)F. The first kappa shape index (κ1) is 32.5. The fraction of sp³-hybridized carbons (Fsp3) is 0.194. The Kier molecular flexibility index (Phi) is 10.1. The Morgan fingerprint density at radius 2 is 1.70 bits per heavy atom. The fourth-order valence-corrected chi connectivity index (χ4v) is 4.34. The van der Waals surface area contributed by atoms with E-state index in [0.29, 0.717) is 34.2 Å². The summed E-state index contributed by atoms with van der Waals surface area (Å²) in [7, 11) is 4.23. The van der Waals surface area contributed by atoms with Crippen molar-refractivity contribution < 1.29 is 32.3 Å². The van der Waals surface area contributed by atoms with Crippen molar-refractivity contribution in [3.8, 4) is 0 Å². The average Bonchev–Trinajstić information content (AvgIpc) is 3.29. The summed E-state index contributed by atoms with van der Waals surface area (Å²) in [6, 6.07) is 21.7. The lowest BCUT2D eigenvalue weighted by Crippen LogP contribution is -2.40. The molecule has 0 radical (unpaired) electrons. The Hall–Kier alpha value is -4.97. The van der Waals surface area contributed by atoms with E-state index in [1.807, 2.05) is 41.0 Å². The predicted octanol–water partition coefficient (Wildman–Crippen LogP) is 5.43. The molecule has 0 unspecified atom stereocenters. The number of amidine groups is 1. The highest BCUT2D eigenvalue weighted by molar-refractivity contribution is 5.99. The highest BCUT2D eigenvalue weighted by Gasteiger charge is 2.38. The molecule has 4 aromatic rings. The van der Waals surface area contributed by atoms with Crippen LogP contribution >= 0.6 is 0 Å². The maximum atomic E-state index is 13.9. The minimum Gasteiger partial charge on any atom is -0.475 e. The Labute approximate surface area is 245 Å². The number of halogens is 4. The standard InChI is InChI=1S/C29H30FN5O.C2HF3O2/c1-4-14-35(2,3)25-11-8-20(9-12-25)18-33-29(36)27-17-23-16-24(30)10-13-26(23)34(27)19-21-6-5-7-22(15-21)28(31)32;3-2(4,5)1(6)7/h4-13,15-17H,1,14,18-19H2,2-3H3,(H3-,31,32,33,36);(H,6,7)/p+1. The molecule has 0 saturated carbocycles. The molecule has 226 valence electrons. The van der Waals surface area contributed by atoms with Crippen LogP contribution in [-0.4, -0.2) is 54.2 Å². The molecule has 0 aliphatic heterocycles. The van der Waals surface area contributed by atoms with Gasteiger partial charge in [-0.1, -0.05) is 36.9 Å². The van der Waals surface area contributed by atoms with Crippen LogP contribution < -0.4 is 15.5 Å². The maximum absolute atomic E-state index is 13.9.